The fraction of sp³-hybridized carbons (Fsp3) is 0.222. The lowest BCUT2D eigenvalue weighted by molar-refractivity contribution is 0.0636. The Hall–Kier alpha value is -7.03. The van der Waals surface area contributed by atoms with E-state index in [4.69, 9.17) is 26.9 Å². The van der Waals surface area contributed by atoms with Gasteiger partial charge in [0.25, 0.3) is 0 Å². The number of hydrogen-bond acceptors (Lipinski definition) is 11. The van der Waals surface area contributed by atoms with Gasteiger partial charge in [0.05, 0.1) is 51.9 Å². The number of nitrogens with zero attached hydrogens (tertiary/aromatic N) is 8. The third-order valence-electron chi connectivity index (χ3n) is 9.29. The third kappa shape index (κ3) is 9.09. The van der Waals surface area contributed by atoms with E-state index >= 15 is 0 Å². The Bertz CT molecular complexity index is 2800. The van der Waals surface area contributed by atoms with Crippen molar-refractivity contribution in [2.24, 2.45) is 11.5 Å². The highest BCUT2D eigenvalue weighted by Crippen LogP contribution is 2.33. The van der Waals surface area contributed by atoms with E-state index in [1.165, 1.54) is 0 Å². The van der Waals surface area contributed by atoms with Crippen LogP contribution in [0.1, 0.15) is 69.5 Å². The first kappa shape index (κ1) is 40.2. The lowest BCUT2D eigenvalue weighted by Crippen LogP contribution is -2.27. The molecule has 59 heavy (non-hydrogen) atoms. The van der Waals surface area contributed by atoms with Gasteiger partial charge in [-0.1, -0.05) is 24.3 Å². The number of nitrogens with two attached hydrogens (primary N) is 3. The van der Waals surface area contributed by atoms with Gasteiger partial charge in [-0.2, -0.15) is 10.2 Å². The van der Waals surface area contributed by atoms with Crippen molar-refractivity contribution in [3.05, 3.63) is 132 Å². The normalized spacial score (nSPS) is 12.5. The first-order chi connectivity index (χ1) is 28.1. The number of carbonyl (C=O) groups excluding carboxylic acids is 1. The fourth-order valence-corrected chi connectivity index (χ4v) is 6.48. The van der Waals surface area contributed by atoms with Gasteiger partial charge in [-0.3, -0.25) is 15.3 Å². The van der Waals surface area contributed by atoms with Crippen LogP contribution in [0.25, 0.3) is 56.0 Å². The second kappa shape index (κ2) is 16.4. The zero-order valence-corrected chi connectivity index (χ0v) is 34.2. The summed E-state index contributed by atoms with van der Waals surface area (Å²) in [6.07, 6.45) is 2.94. The van der Waals surface area contributed by atoms with Crippen molar-refractivity contribution in [1.82, 2.24) is 39.5 Å². The summed E-state index contributed by atoms with van der Waals surface area (Å²) in [5, 5.41) is 13.6. The average Bonchev–Trinajstić information content (AvgIpc) is 3.83. The molecule has 2 atom stereocenters. The molecule has 0 radical (unpaired) electrons. The predicted octanol–water partition coefficient (Wildman–Crippen LogP) is 8.55. The summed E-state index contributed by atoms with van der Waals surface area (Å²) in [6.45, 7) is 13.2. The summed E-state index contributed by atoms with van der Waals surface area (Å²) in [6, 6.07) is 30.7. The number of nitrogens with one attached hydrogen (secondary N) is 1. The highest BCUT2D eigenvalue weighted by atomic mass is 16.6. The van der Waals surface area contributed by atoms with Crippen molar-refractivity contribution < 1.29 is 9.53 Å². The molecule has 0 bridgehead atoms. The lowest BCUT2D eigenvalue weighted by atomic mass is 10.1. The van der Waals surface area contributed by atoms with Crippen LogP contribution in [0.15, 0.2) is 109 Å². The van der Waals surface area contributed by atoms with E-state index in [1.807, 2.05) is 146 Å². The third-order valence-corrected chi connectivity index (χ3v) is 9.29. The molecule has 7 N–H and O–H groups in total. The Balaban J connectivity index is 0.000000184. The second-order valence-electron chi connectivity index (χ2n) is 15.4. The van der Waals surface area contributed by atoms with Crippen LogP contribution in [-0.2, 0) is 4.74 Å². The number of hydrogen-bond donors (Lipinski definition) is 4. The summed E-state index contributed by atoms with van der Waals surface area (Å²) >= 11 is 0. The molecular formula is C45H48N12O2. The van der Waals surface area contributed by atoms with Crippen molar-refractivity contribution >= 4 is 39.3 Å². The zero-order chi connectivity index (χ0) is 42.0. The van der Waals surface area contributed by atoms with Gasteiger partial charge < -0.3 is 21.9 Å². The maximum atomic E-state index is 12.6. The molecule has 1 amide bonds. The molecule has 14 heteroatoms. The van der Waals surface area contributed by atoms with Crippen LogP contribution >= 0.6 is 0 Å². The Labute approximate surface area is 342 Å². The van der Waals surface area contributed by atoms with E-state index < -0.39 is 11.7 Å². The highest BCUT2D eigenvalue weighted by molar-refractivity contribution is 6.02. The highest BCUT2D eigenvalue weighted by Gasteiger charge is 2.20. The number of amides is 1. The molecule has 8 aromatic rings. The number of pyridine rings is 4. The first-order valence-electron chi connectivity index (χ1n) is 19.3. The summed E-state index contributed by atoms with van der Waals surface area (Å²) in [5.41, 5.74) is 27.3. The molecule has 0 aliphatic carbocycles. The number of aromatic nitrogens is 8. The van der Waals surface area contributed by atoms with Crippen LogP contribution in [0.5, 0.6) is 0 Å². The summed E-state index contributed by atoms with van der Waals surface area (Å²) < 4.78 is 9.03. The number of carbonyl (C=O) groups is 1. The minimum Gasteiger partial charge on any atom is -0.444 e. The van der Waals surface area contributed by atoms with Gasteiger partial charge >= 0.3 is 6.09 Å². The van der Waals surface area contributed by atoms with Gasteiger partial charge in [0, 0.05) is 51.1 Å². The maximum absolute atomic E-state index is 12.6. The van der Waals surface area contributed by atoms with Crippen molar-refractivity contribution in [2.45, 2.75) is 66.2 Å². The molecule has 2 unspecified atom stereocenters. The van der Waals surface area contributed by atoms with Gasteiger partial charge in [-0.25, -0.2) is 24.1 Å². The number of nitrogen functional groups attached to an aromatic ring is 1. The largest absolute Gasteiger partial charge is 0.444 e. The monoisotopic (exact) mass is 788 g/mol. The second-order valence-corrected chi connectivity index (χ2v) is 15.4. The predicted molar refractivity (Wildman–Crippen MR) is 233 cm³/mol. The van der Waals surface area contributed by atoms with Crippen molar-refractivity contribution in [3.8, 4) is 34.2 Å². The SMILES string of the molecule is Cc1cccc(-n2ncc3c(N)cc(-c4cccc(C(C)N)n4)cc32)n1.Cc1cccc(-n2ncc3c(NC(=O)OC(C)(C)C)cc(-c4cccc(C(C)N)n4)cc32)n1. The van der Waals surface area contributed by atoms with Gasteiger partial charge in [0.15, 0.2) is 11.6 Å². The van der Waals surface area contributed by atoms with E-state index in [0.29, 0.717) is 17.2 Å². The topological polar surface area (TPSA) is 204 Å². The minimum atomic E-state index is -0.621. The Morgan fingerprint density at radius 2 is 1.14 bits per heavy atom. The molecule has 0 fully saturated rings. The number of ether oxygens (including phenoxy) is 1. The molecule has 2 aromatic carbocycles. The Morgan fingerprint density at radius 1 is 0.661 bits per heavy atom. The molecule has 6 heterocycles. The van der Waals surface area contributed by atoms with Gasteiger partial charge in [0.1, 0.15) is 5.60 Å². The summed E-state index contributed by atoms with van der Waals surface area (Å²) in [5.74, 6) is 1.44. The van der Waals surface area contributed by atoms with Crippen molar-refractivity contribution in [3.63, 3.8) is 0 Å². The summed E-state index contributed by atoms with van der Waals surface area (Å²) in [7, 11) is 0. The van der Waals surface area contributed by atoms with Gasteiger partial charge in [-0.05, 0) is 121 Å². The van der Waals surface area contributed by atoms with E-state index in [0.717, 1.165) is 72.9 Å². The standard InChI is InChI=1S/C25H28N6O2.C20H20N6/c1-15-8-6-11-23(28-15)31-22-13-17(20-10-7-9-19(29-20)16(2)26)12-21(18(22)14-27-31)30-24(32)33-25(3,4)5;1-12-5-3-8-20(24-12)26-19-10-14(9-16(22)15(19)11-23-26)18-7-4-6-17(25-18)13(2)21/h6-14,16H,26H2,1-5H3,(H,30,32);3-11,13H,21-22H2,1-2H3. The van der Waals surface area contributed by atoms with Gasteiger partial charge in [-0.15, -0.1) is 0 Å². The summed E-state index contributed by atoms with van der Waals surface area (Å²) in [4.78, 5) is 31.1. The first-order valence-corrected chi connectivity index (χ1v) is 19.3. The molecular weight excluding hydrogens is 741 g/mol. The van der Waals surface area contributed by atoms with Crippen molar-refractivity contribution in [2.75, 3.05) is 11.1 Å². The Morgan fingerprint density at radius 3 is 1.63 bits per heavy atom. The molecule has 0 saturated heterocycles. The minimum absolute atomic E-state index is 0.127. The maximum Gasteiger partial charge on any atom is 0.412 e. The molecule has 300 valence electrons. The molecule has 0 saturated carbocycles. The number of fused-ring (bicyclic) bond motifs is 2. The number of aryl methyl sites for hydroxylation is 2. The smallest absolute Gasteiger partial charge is 0.412 e. The average molecular weight is 789 g/mol. The molecule has 8 rings (SSSR count). The number of benzene rings is 2. The van der Waals surface area contributed by atoms with E-state index in [9.17, 15) is 4.79 Å². The van der Waals surface area contributed by atoms with Crippen LogP contribution in [0.3, 0.4) is 0 Å². The lowest BCUT2D eigenvalue weighted by Gasteiger charge is -2.20. The Kier molecular flexibility index (Phi) is 11.2. The quantitative estimate of drug-likeness (QED) is 0.113. The molecule has 14 nitrogen and oxygen atoms in total. The van der Waals surface area contributed by atoms with Crippen LogP contribution < -0.4 is 22.5 Å². The molecule has 6 aromatic heterocycles. The number of rotatable bonds is 7. The van der Waals surface area contributed by atoms with E-state index in [2.05, 4.69) is 30.5 Å². The zero-order valence-electron chi connectivity index (χ0n) is 34.2. The molecule has 0 aliphatic heterocycles. The van der Waals surface area contributed by atoms with Crippen LogP contribution in [0, 0.1) is 13.8 Å². The number of anilines is 2. The fourth-order valence-electron chi connectivity index (χ4n) is 6.48. The van der Waals surface area contributed by atoms with Crippen LogP contribution in [0.2, 0.25) is 0 Å². The van der Waals surface area contributed by atoms with E-state index in [1.54, 1.807) is 21.8 Å². The van der Waals surface area contributed by atoms with Crippen LogP contribution in [0.4, 0.5) is 16.2 Å². The van der Waals surface area contributed by atoms with Gasteiger partial charge in [0.2, 0.25) is 0 Å². The van der Waals surface area contributed by atoms with E-state index in [-0.39, 0.29) is 12.1 Å². The molecule has 0 spiro atoms. The molecule has 0 aliphatic rings. The van der Waals surface area contributed by atoms with Crippen molar-refractivity contribution in [1.29, 1.82) is 0 Å². The van der Waals surface area contributed by atoms with Crippen LogP contribution in [-0.4, -0.2) is 51.2 Å².